The van der Waals surface area contributed by atoms with Crippen LogP contribution in [0, 0.1) is 17.6 Å². The van der Waals surface area contributed by atoms with E-state index in [1.54, 1.807) is 0 Å². The third kappa shape index (κ3) is 4.44. The first-order valence-corrected chi connectivity index (χ1v) is 7.74. The monoisotopic (exact) mass is 287 g/mol. The lowest BCUT2D eigenvalue weighted by Crippen LogP contribution is -2.29. The first-order valence-electron chi connectivity index (χ1n) is 6.58. The third-order valence-corrected chi connectivity index (χ3v) is 4.48. The van der Waals surface area contributed by atoms with Crippen LogP contribution >= 0.6 is 11.8 Å². The number of aliphatic hydroxyl groups is 1. The molecular formula is C14H19F2NOS. The predicted molar refractivity (Wildman–Crippen MR) is 74.2 cm³/mol. The molecule has 1 aromatic carbocycles. The van der Waals surface area contributed by atoms with Gasteiger partial charge in [0.15, 0.2) is 0 Å². The van der Waals surface area contributed by atoms with Crippen molar-refractivity contribution >= 4 is 11.8 Å². The number of nitrogens with one attached hydrogen (secondary N) is 1. The molecule has 5 heteroatoms. The van der Waals surface area contributed by atoms with Crippen LogP contribution in [0.5, 0.6) is 0 Å². The van der Waals surface area contributed by atoms with Gasteiger partial charge in [0.1, 0.15) is 11.6 Å². The zero-order valence-electron chi connectivity index (χ0n) is 10.7. The summed E-state index contributed by atoms with van der Waals surface area (Å²) in [5.41, 5.74) is 0.0201. The molecule has 1 unspecified atom stereocenters. The van der Waals surface area contributed by atoms with Gasteiger partial charge in [0, 0.05) is 12.1 Å². The largest absolute Gasteiger partial charge is 0.387 e. The zero-order chi connectivity index (χ0) is 13.7. The molecule has 2 nitrogen and oxygen atoms in total. The Bertz CT molecular complexity index is 410. The van der Waals surface area contributed by atoms with Crippen LogP contribution in [-0.4, -0.2) is 29.7 Å². The second kappa shape index (κ2) is 7.22. The van der Waals surface area contributed by atoms with Gasteiger partial charge in [-0.2, -0.15) is 11.8 Å². The number of hydrogen-bond donors (Lipinski definition) is 2. The molecule has 19 heavy (non-hydrogen) atoms. The van der Waals surface area contributed by atoms with Crippen LogP contribution in [-0.2, 0) is 0 Å². The summed E-state index contributed by atoms with van der Waals surface area (Å²) in [7, 11) is 0. The summed E-state index contributed by atoms with van der Waals surface area (Å²) >= 11 is 1.97. The molecule has 1 heterocycles. The number of hydrogen-bond acceptors (Lipinski definition) is 3. The Morgan fingerprint density at radius 2 is 2.05 bits per heavy atom. The molecule has 0 aliphatic carbocycles. The highest BCUT2D eigenvalue weighted by molar-refractivity contribution is 7.99. The minimum absolute atomic E-state index is 0.0201. The summed E-state index contributed by atoms with van der Waals surface area (Å²) in [6.45, 7) is 1.08. The van der Waals surface area contributed by atoms with Gasteiger partial charge in [0.05, 0.1) is 6.10 Å². The lowest BCUT2D eigenvalue weighted by atomic mass is 10.0. The first kappa shape index (κ1) is 14.8. The second-order valence-corrected chi connectivity index (χ2v) is 6.12. The average molecular weight is 287 g/mol. The number of thioether (sulfide) groups is 1. The van der Waals surface area contributed by atoms with Crippen LogP contribution in [0.25, 0.3) is 0 Å². The average Bonchev–Trinajstić information content (AvgIpc) is 2.42. The number of benzene rings is 1. The Kier molecular flexibility index (Phi) is 5.60. The maximum atomic E-state index is 13.4. The summed E-state index contributed by atoms with van der Waals surface area (Å²) < 4.78 is 26.5. The fourth-order valence-corrected chi connectivity index (χ4v) is 3.46. The molecule has 1 aliphatic heterocycles. The second-order valence-electron chi connectivity index (χ2n) is 4.90. The topological polar surface area (TPSA) is 32.3 Å². The normalized spacial score (nSPS) is 18.5. The van der Waals surface area contributed by atoms with Gasteiger partial charge in [-0.1, -0.05) is 0 Å². The molecule has 1 aromatic rings. The van der Waals surface area contributed by atoms with Gasteiger partial charge in [-0.05, 0) is 55.0 Å². The van der Waals surface area contributed by atoms with Crippen molar-refractivity contribution < 1.29 is 13.9 Å². The van der Waals surface area contributed by atoms with Gasteiger partial charge < -0.3 is 10.4 Å². The fourth-order valence-electron chi connectivity index (χ4n) is 2.25. The number of halogens is 2. The Morgan fingerprint density at radius 3 is 2.79 bits per heavy atom. The minimum atomic E-state index is -1.01. The van der Waals surface area contributed by atoms with Crippen LogP contribution in [0.4, 0.5) is 8.78 Å². The number of aliphatic hydroxyl groups excluding tert-OH is 1. The van der Waals surface area contributed by atoms with Crippen molar-refractivity contribution in [2.24, 2.45) is 5.92 Å². The van der Waals surface area contributed by atoms with Crippen molar-refractivity contribution in [1.29, 1.82) is 0 Å². The molecule has 0 saturated carbocycles. The van der Waals surface area contributed by atoms with E-state index in [4.69, 9.17) is 0 Å². The van der Waals surface area contributed by atoms with Crippen molar-refractivity contribution in [2.75, 3.05) is 24.6 Å². The Morgan fingerprint density at radius 1 is 1.32 bits per heavy atom. The van der Waals surface area contributed by atoms with E-state index in [2.05, 4.69) is 5.32 Å². The van der Waals surface area contributed by atoms with Crippen LogP contribution < -0.4 is 5.32 Å². The van der Waals surface area contributed by atoms with Crippen molar-refractivity contribution in [3.63, 3.8) is 0 Å². The van der Waals surface area contributed by atoms with Gasteiger partial charge in [-0.15, -0.1) is 0 Å². The highest BCUT2D eigenvalue weighted by Crippen LogP contribution is 2.22. The molecule has 2 N–H and O–H groups in total. The van der Waals surface area contributed by atoms with Crippen molar-refractivity contribution in [1.82, 2.24) is 5.32 Å². The molecule has 0 bridgehead atoms. The van der Waals surface area contributed by atoms with E-state index in [9.17, 15) is 13.9 Å². The van der Waals surface area contributed by atoms with E-state index in [1.807, 2.05) is 11.8 Å². The molecular weight excluding hydrogens is 268 g/mol. The molecule has 0 radical (unpaired) electrons. The molecule has 1 atom stereocenters. The molecule has 0 aromatic heterocycles. The smallest absolute Gasteiger partial charge is 0.129 e. The SMILES string of the molecule is OC(CNCC1CCSCC1)c1cc(F)ccc1F. The Hall–Kier alpha value is -0.650. The molecule has 1 saturated heterocycles. The van der Waals surface area contributed by atoms with Crippen molar-refractivity contribution in [2.45, 2.75) is 18.9 Å². The molecule has 1 aliphatic rings. The van der Waals surface area contributed by atoms with Gasteiger partial charge in [0.2, 0.25) is 0 Å². The van der Waals surface area contributed by atoms with Crippen molar-refractivity contribution in [3.05, 3.63) is 35.4 Å². The van der Waals surface area contributed by atoms with E-state index in [0.29, 0.717) is 5.92 Å². The molecule has 1 fully saturated rings. The van der Waals surface area contributed by atoms with E-state index in [0.717, 1.165) is 24.7 Å². The summed E-state index contributed by atoms with van der Waals surface area (Å²) in [5, 5.41) is 13.0. The standard InChI is InChI=1S/C14H19F2NOS/c15-11-1-2-13(16)12(7-11)14(18)9-17-8-10-3-5-19-6-4-10/h1-2,7,10,14,17-18H,3-6,8-9H2. The molecule has 2 rings (SSSR count). The maximum Gasteiger partial charge on any atom is 0.129 e. The van der Waals surface area contributed by atoms with Crippen molar-refractivity contribution in [3.8, 4) is 0 Å². The van der Waals surface area contributed by atoms with Gasteiger partial charge in [-0.3, -0.25) is 0 Å². The summed E-state index contributed by atoms with van der Waals surface area (Å²) in [5.74, 6) is 1.91. The summed E-state index contributed by atoms with van der Waals surface area (Å²) in [6, 6.07) is 3.16. The fraction of sp³-hybridized carbons (Fsp3) is 0.571. The molecule has 0 amide bonds. The Balaban J connectivity index is 1.80. The predicted octanol–water partition coefficient (Wildman–Crippen LogP) is 2.73. The van der Waals surface area contributed by atoms with E-state index in [-0.39, 0.29) is 12.1 Å². The van der Waals surface area contributed by atoms with E-state index < -0.39 is 17.7 Å². The summed E-state index contributed by atoms with van der Waals surface area (Å²) in [4.78, 5) is 0. The minimum Gasteiger partial charge on any atom is -0.387 e. The van der Waals surface area contributed by atoms with Crippen LogP contribution in [0.1, 0.15) is 24.5 Å². The van der Waals surface area contributed by atoms with Crippen LogP contribution in [0.15, 0.2) is 18.2 Å². The van der Waals surface area contributed by atoms with E-state index in [1.165, 1.54) is 24.3 Å². The maximum absolute atomic E-state index is 13.4. The van der Waals surface area contributed by atoms with Gasteiger partial charge in [-0.25, -0.2) is 8.78 Å². The van der Waals surface area contributed by atoms with Gasteiger partial charge in [0.25, 0.3) is 0 Å². The van der Waals surface area contributed by atoms with Crippen LogP contribution in [0.3, 0.4) is 0 Å². The zero-order valence-corrected chi connectivity index (χ0v) is 11.6. The van der Waals surface area contributed by atoms with E-state index >= 15 is 0 Å². The lowest BCUT2D eigenvalue weighted by molar-refractivity contribution is 0.167. The number of rotatable bonds is 5. The Labute approximate surface area is 116 Å². The van der Waals surface area contributed by atoms with Crippen LogP contribution in [0.2, 0.25) is 0 Å². The quantitative estimate of drug-likeness (QED) is 0.873. The third-order valence-electron chi connectivity index (χ3n) is 3.43. The van der Waals surface area contributed by atoms with Gasteiger partial charge >= 0.3 is 0 Å². The highest BCUT2D eigenvalue weighted by Gasteiger charge is 2.16. The summed E-state index contributed by atoms with van der Waals surface area (Å²) in [6.07, 6.45) is 1.36. The highest BCUT2D eigenvalue weighted by atomic mass is 32.2. The molecule has 106 valence electrons. The molecule has 0 spiro atoms. The lowest BCUT2D eigenvalue weighted by Gasteiger charge is -2.22. The first-order chi connectivity index (χ1) is 9.16.